The summed E-state index contributed by atoms with van der Waals surface area (Å²) in [4.78, 5) is 17.1. The molecular weight excluding hydrogens is 276 g/mol. The van der Waals surface area contributed by atoms with Gasteiger partial charge in [-0.3, -0.25) is 9.69 Å². The number of likely N-dealkylation sites (tertiary alicyclic amines) is 2. The molecule has 0 N–H and O–H groups in total. The molecule has 0 unspecified atom stereocenters. The Morgan fingerprint density at radius 3 is 2.55 bits per heavy atom. The quantitative estimate of drug-likeness (QED) is 0.857. The number of carbonyl (C=O) groups excluding carboxylic acids is 1. The molecule has 4 nitrogen and oxygen atoms in total. The number of piperidine rings is 1. The van der Waals surface area contributed by atoms with E-state index in [2.05, 4.69) is 21.9 Å². The van der Waals surface area contributed by atoms with Crippen molar-refractivity contribution in [3.8, 4) is 5.75 Å². The molecule has 0 radical (unpaired) electrons. The van der Waals surface area contributed by atoms with Crippen LogP contribution in [0.15, 0.2) is 24.3 Å². The smallest absolute Gasteiger partial charge is 0.226 e. The lowest BCUT2D eigenvalue weighted by Gasteiger charge is -2.34. The molecule has 1 aromatic rings. The Morgan fingerprint density at radius 1 is 1.14 bits per heavy atom. The lowest BCUT2D eigenvalue weighted by atomic mass is 9.96. The minimum atomic E-state index is 0.199. The molecule has 2 saturated heterocycles. The predicted molar refractivity (Wildman–Crippen MR) is 86.8 cm³/mol. The average molecular weight is 302 g/mol. The first-order chi connectivity index (χ1) is 10.8. The van der Waals surface area contributed by atoms with Crippen molar-refractivity contribution in [1.82, 2.24) is 9.80 Å². The van der Waals surface area contributed by atoms with Gasteiger partial charge in [0.1, 0.15) is 5.75 Å². The minimum Gasteiger partial charge on any atom is -0.497 e. The van der Waals surface area contributed by atoms with Crippen molar-refractivity contribution >= 4 is 5.91 Å². The van der Waals surface area contributed by atoms with E-state index in [0.717, 1.165) is 51.3 Å². The Bertz CT molecular complexity index is 494. The predicted octanol–water partition coefficient (Wildman–Crippen LogP) is 2.53. The van der Waals surface area contributed by atoms with Crippen molar-refractivity contribution in [2.24, 2.45) is 5.92 Å². The fourth-order valence-electron chi connectivity index (χ4n) is 3.59. The number of hydrogen-bond acceptors (Lipinski definition) is 3. The van der Waals surface area contributed by atoms with Crippen LogP contribution in [0.1, 0.15) is 31.2 Å². The van der Waals surface area contributed by atoms with Gasteiger partial charge in [-0.25, -0.2) is 0 Å². The zero-order chi connectivity index (χ0) is 15.4. The van der Waals surface area contributed by atoms with Crippen molar-refractivity contribution < 1.29 is 9.53 Å². The summed E-state index contributed by atoms with van der Waals surface area (Å²) in [7, 11) is 1.69. The van der Waals surface area contributed by atoms with Gasteiger partial charge in [-0.15, -0.1) is 0 Å². The second-order valence-corrected chi connectivity index (χ2v) is 6.45. The van der Waals surface area contributed by atoms with Gasteiger partial charge in [0.05, 0.1) is 13.0 Å². The molecule has 1 aromatic carbocycles. The van der Waals surface area contributed by atoms with E-state index < -0.39 is 0 Å². The topological polar surface area (TPSA) is 32.8 Å². The van der Waals surface area contributed by atoms with Gasteiger partial charge >= 0.3 is 0 Å². The van der Waals surface area contributed by atoms with Crippen LogP contribution in [0.5, 0.6) is 5.75 Å². The monoisotopic (exact) mass is 302 g/mol. The van der Waals surface area contributed by atoms with E-state index in [-0.39, 0.29) is 5.92 Å². The number of nitrogens with zero attached hydrogens (tertiary/aromatic N) is 2. The first-order valence-corrected chi connectivity index (χ1v) is 8.40. The summed E-state index contributed by atoms with van der Waals surface area (Å²) >= 11 is 0. The number of methoxy groups -OCH3 is 1. The summed E-state index contributed by atoms with van der Waals surface area (Å²) in [5.41, 5.74) is 1.29. The van der Waals surface area contributed by atoms with Gasteiger partial charge in [-0.05, 0) is 49.9 Å². The summed E-state index contributed by atoms with van der Waals surface area (Å²) in [5.74, 6) is 1.48. The van der Waals surface area contributed by atoms with Crippen molar-refractivity contribution in [1.29, 1.82) is 0 Å². The van der Waals surface area contributed by atoms with E-state index in [1.165, 1.54) is 18.4 Å². The van der Waals surface area contributed by atoms with Crippen LogP contribution in [-0.2, 0) is 11.3 Å². The van der Waals surface area contributed by atoms with Crippen LogP contribution >= 0.6 is 0 Å². The molecule has 3 rings (SSSR count). The molecule has 120 valence electrons. The molecule has 0 saturated carbocycles. The Kier molecular flexibility index (Phi) is 4.98. The van der Waals surface area contributed by atoms with Gasteiger partial charge in [0.25, 0.3) is 0 Å². The molecule has 0 aliphatic carbocycles. The Hall–Kier alpha value is -1.55. The number of ether oxygens (including phenoxy) is 1. The van der Waals surface area contributed by atoms with E-state index in [1.807, 2.05) is 12.1 Å². The van der Waals surface area contributed by atoms with Gasteiger partial charge in [0, 0.05) is 26.2 Å². The van der Waals surface area contributed by atoms with E-state index in [0.29, 0.717) is 5.91 Å². The standard InChI is InChI=1S/C18H26N2O2/c1-22-17-8-6-15(7-9-17)13-19-10-4-5-16(14-19)18(21)20-11-2-3-12-20/h6-9,16H,2-5,10-14H2,1H3/t16-/m0/s1. The van der Waals surface area contributed by atoms with Crippen molar-refractivity contribution in [3.05, 3.63) is 29.8 Å². The van der Waals surface area contributed by atoms with Crippen LogP contribution in [0.25, 0.3) is 0 Å². The molecule has 22 heavy (non-hydrogen) atoms. The molecule has 1 atom stereocenters. The third-order valence-corrected chi connectivity index (χ3v) is 4.84. The summed E-state index contributed by atoms with van der Waals surface area (Å²) in [5, 5.41) is 0. The lowest BCUT2D eigenvalue weighted by Crippen LogP contribution is -2.43. The molecule has 2 aliphatic heterocycles. The number of hydrogen-bond donors (Lipinski definition) is 0. The maximum absolute atomic E-state index is 12.6. The second-order valence-electron chi connectivity index (χ2n) is 6.45. The van der Waals surface area contributed by atoms with Crippen molar-refractivity contribution in [3.63, 3.8) is 0 Å². The Balaban J connectivity index is 1.56. The van der Waals surface area contributed by atoms with Crippen LogP contribution in [0.4, 0.5) is 0 Å². The molecule has 0 bridgehead atoms. The molecule has 1 amide bonds. The highest BCUT2D eigenvalue weighted by atomic mass is 16.5. The Morgan fingerprint density at radius 2 is 1.86 bits per heavy atom. The Labute approximate surface area is 133 Å². The zero-order valence-electron chi connectivity index (χ0n) is 13.5. The first-order valence-electron chi connectivity index (χ1n) is 8.40. The number of amides is 1. The van der Waals surface area contributed by atoms with E-state index in [9.17, 15) is 4.79 Å². The van der Waals surface area contributed by atoms with Crippen LogP contribution in [0.3, 0.4) is 0 Å². The third-order valence-electron chi connectivity index (χ3n) is 4.84. The molecular formula is C18H26N2O2. The average Bonchev–Trinajstić information content (AvgIpc) is 3.09. The van der Waals surface area contributed by atoms with Gasteiger partial charge < -0.3 is 9.64 Å². The maximum atomic E-state index is 12.6. The number of benzene rings is 1. The first kappa shape index (κ1) is 15.3. The highest BCUT2D eigenvalue weighted by Gasteiger charge is 2.30. The van der Waals surface area contributed by atoms with Crippen LogP contribution < -0.4 is 4.74 Å². The SMILES string of the molecule is COc1ccc(CN2CCC[C@H](C(=O)N3CCCC3)C2)cc1. The van der Waals surface area contributed by atoms with Crippen LogP contribution in [0, 0.1) is 5.92 Å². The van der Waals surface area contributed by atoms with Crippen LogP contribution in [-0.4, -0.2) is 49.0 Å². The van der Waals surface area contributed by atoms with Crippen LogP contribution in [0.2, 0.25) is 0 Å². The summed E-state index contributed by atoms with van der Waals surface area (Å²) in [6.45, 7) is 4.85. The van der Waals surface area contributed by atoms with Gasteiger partial charge in [-0.2, -0.15) is 0 Å². The fraction of sp³-hybridized carbons (Fsp3) is 0.611. The second kappa shape index (κ2) is 7.14. The van der Waals surface area contributed by atoms with E-state index in [4.69, 9.17) is 4.74 Å². The normalized spacial score (nSPS) is 22.8. The molecule has 2 aliphatic rings. The zero-order valence-corrected chi connectivity index (χ0v) is 13.5. The molecule has 0 aromatic heterocycles. The maximum Gasteiger partial charge on any atom is 0.226 e. The largest absolute Gasteiger partial charge is 0.497 e. The van der Waals surface area contributed by atoms with Crippen molar-refractivity contribution in [2.75, 3.05) is 33.3 Å². The van der Waals surface area contributed by atoms with Gasteiger partial charge in [-0.1, -0.05) is 12.1 Å². The highest BCUT2D eigenvalue weighted by Crippen LogP contribution is 2.23. The van der Waals surface area contributed by atoms with E-state index in [1.54, 1.807) is 7.11 Å². The highest BCUT2D eigenvalue weighted by molar-refractivity contribution is 5.79. The number of rotatable bonds is 4. The summed E-state index contributed by atoms with van der Waals surface area (Å²) < 4.78 is 5.20. The molecule has 2 heterocycles. The van der Waals surface area contributed by atoms with Crippen molar-refractivity contribution in [2.45, 2.75) is 32.2 Å². The molecule has 2 fully saturated rings. The minimum absolute atomic E-state index is 0.199. The van der Waals surface area contributed by atoms with E-state index >= 15 is 0 Å². The van der Waals surface area contributed by atoms with Gasteiger partial charge in [0.15, 0.2) is 0 Å². The molecule has 0 spiro atoms. The van der Waals surface area contributed by atoms with Gasteiger partial charge in [0.2, 0.25) is 5.91 Å². The molecule has 4 heteroatoms. The number of carbonyl (C=O) groups is 1. The summed E-state index contributed by atoms with van der Waals surface area (Å²) in [6.07, 6.45) is 4.52. The lowest BCUT2D eigenvalue weighted by molar-refractivity contribution is -0.136. The fourth-order valence-corrected chi connectivity index (χ4v) is 3.59. The third kappa shape index (κ3) is 3.61. The summed E-state index contributed by atoms with van der Waals surface area (Å²) in [6, 6.07) is 8.24.